The number of ether oxygens (including phenoxy) is 1. The van der Waals surface area contributed by atoms with E-state index >= 15 is 0 Å². The number of hydrogen-bond acceptors (Lipinski definition) is 1. The maximum Gasteiger partial charge on any atom is 0.166 e. The average molecular weight is 142 g/mol. The fraction of sp³-hybridized carbons (Fsp3) is 0.875. The van der Waals surface area contributed by atoms with Crippen molar-refractivity contribution in [3.05, 3.63) is 0 Å². The first-order valence-electron chi connectivity index (χ1n) is 3.78. The highest BCUT2D eigenvalue weighted by Crippen LogP contribution is 2.07. The van der Waals surface area contributed by atoms with Crippen LogP contribution in [0.25, 0.3) is 0 Å². The molecule has 0 N–H and O–H groups in total. The van der Waals surface area contributed by atoms with E-state index in [0.717, 1.165) is 19.8 Å². The summed E-state index contributed by atoms with van der Waals surface area (Å²) in [5.41, 5.74) is 0.268. The van der Waals surface area contributed by atoms with Crippen LogP contribution in [0.5, 0.6) is 0 Å². The Morgan fingerprint density at radius 2 is 2.10 bits per heavy atom. The predicted molar refractivity (Wildman–Crippen MR) is 41.8 cm³/mol. The fourth-order valence-electron chi connectivity index (χ4n) is 1.09. The zero-order valence-corrected chi connectivity index (χ0v) is 7.05. The van der Waals surface area contributed by atoms with Crippen LogP contribution in [0.15, 0.2) is 0 Å². The van der Waals surface area contributed by atoms with Crippen molar-refractivity contribution >= 4 is 6.21 Å². The summed E-state index contributed by atoms with van der Waals surface area (Å²) in [6.07, 6.45) is 2.13. The van der Waals surface area contributed by atoms with Gasteiger partial charge in [-0.3, -0.25) is 0 Å². The minimum Gasteiger partial charge on any atom is -0.365 e. The van der Waals surface area contributed by atoms with Crippen LogP contribution in [0.4, 0.5) is 0 Å². The van der Waals surface area contributed by atoms with E-state index in [4.69, 9.17) is 4.74 Å². The van der Waals surface area contributed by atoms with Gasteiger partial charge in [0.05, 0.1) is 0 Å². The molecule has 0 aromatic carbocycles. The van der Waals surface area contributed by atoms with Crippen LogP contribution in [0.3, 0.4) is 0 Å². The molecule has 0 fully saturated rings. The molecule has 0 unspecified atom stereocenters. The fourth-order valence-corrected chi connectivity index (χ4v) is 1.09. The highest BCUT2D eigenvalue weighted by Gasteiger charge is 2.24. The molecule has 0 saturated heterocycles. The maximum atomic E-state index is 5.20. The van der Waals surface area contributed by atoms with Gasteiger partial charge in [-0.15, -0.1) is 0 Å². The van der Waals surface area contributed by atoms with Crippen LogP contribution in [0.1, 0.15) is 20.8 Å². The molecule has 58 valence electrons. The zero-order valence-electron chi connectivity index (χ0n) is 7.05. The highest BCUT2D eigenvalue weighted by molar-refractivity contribution is 5.53. The number of hydrogen-bond donors (Lipinski definition) is 0. The van der Waals surface area contributed by atoms with E-state index in [1.54, 1.807) is 0 Å². The van der Waals surface area contributed by atoms with Gasteiger partial charge in [-0.1, -0.05) is 0 Å². The molecule has 0 amide bonds. The average Bonchev–Trinajstić information content (AvgIpc) is 1.88. The lowest BCUT2D eigenvalue weighted by Gasteiger charge is -2.20. The third-order valence-electron chi connectivity index (χ3n) is 1.75. The number of rotatable bonds is 0. The van der Waals surface area contributed by atoms with Crippen molar-refractivity contribution in [2.45, 2.75) is 26.3 Å². The first kappa shape index (κ1) is 7.73. The minimum atomic E-state index is 0.268. The van der Waals surface area contributed by atoms with E-state index < -0.39 is 0 Å². The second kappa shape index (κ2) is 2.70. The summed E-state index contributed by atoms with van der Waals surface area (Å²) in [6, 6.07) is 0. The van der Waals surface area contributed by atoms with Crippen molar-refractivity contribution in [2.24, 2.45) is 0 Å². The van der Waals surface area contributed by atoms with E-state index in [2.05, 4.69) is 31.6 Å². The maximum absolute atomic E-state index is 5.20. The quantitative estimate of drug-likeness (QED) is 0.458. The monoisotopic (exact) mass is 142 g/mol. The van der Waals surface area contributed by atoms with Crippen molar-refractivity contribution in [3.8, 4) is 0 Å². The van der Waals surface area contributed by atoms with Crippen LogP contribution in [-0.2, 0) is 4.74 Å². The lowest BCUT2D eigenvalue weighted by atomic mass is 10.1. The molecule has 1 heterocycles. The highest BCUT2D eigenvalue weighted by atomic mass is 16.5. The van der Waals surface area contributed by atoms with Gasteiger partial charge in [-0.05, 0) is 20.8 Å². The SMILES string of the molecule is CC(C)(C)[N+]1=CCOCC1. The first-order chi connectivity index (χ1) is 4.61. The molecule has 0 aliphatic carbocycles. The minimum absolute atomic E-state index is 0.268. The summed E-state index contributed by atoms with van der Waals surface area (Å²) in [5, 5.41) is 0. The molecule has 0 spiro atoms. The van der Waals surface area contributed by atoms with E-state index in [1.165, 1.54) is 0 Å². The smallest absolute Gasteiger partial charge is 0.166 e. The molecule has 0 aromatic rings. The van der Waals surface area contributed by atoms with Gasteiger partial charge in [0, 0.05) is 0 Å². The largest absolute Gasteiger partial charge is 0.365 e. The standard InChI is InChI=1S/C8H16NO/c1-8(2,3)9-4-6-10-7-5-9/h4H,5-7H2,1-3H3/q+1. The number of nitrogens with zero attached hydrogens (tertiary/aromatic N) is 1. The predicted octanol–water partition coefficient (Wildman–Crippen LogP) is 0.898. The molecule has 0 radical (unpaired) electrons. The summed E-state index contributed by atoms with van der Waals surface area (Å²) in [7, 11) is 0. The van der Waals surface area contributed by atoms with Crippen LogP contribution in [0.2, 0.25) is 0 Å². The Kier molecular flexibility index (Phi) is 2.09. The summed E-state index contributed by atoms with van der Waals surface area (Å²) < 4.78 is 7.53. The molecule has 2 nitrogen and oxygen atoms in total. The normalized spacial score (nSPS) is 20.5. The summed E-state index contributed by atoms with van der Waals surface area (Å²) in [6.45, 7) is 9.33. The van der Waals surface area contributed by atoms with Crippen LogP contribution in [-0.4, -0.2) is 36.1 Å². The molecule has 0 aromatic heterocycles. The molecular formula is C8H16NO+. The van der Waals surface area contributed by atoms with Gasteiger partial charge >= 0.3 is 0 Å². The Bertz CT molecular complexity index is 144. The third-order valence-corrected chi connectivity index (χ3v) is 1.75. The Morgan fingerprint density at radius 1 is 1.40 bits per heavy atom. The third kappa shape index (κ3) is 1.81. The van der Waals surface area contributed by atoms with Gasteiger partial charge in [0.15, 0.2) is 18.3 Å². The lowest BCUT2D eigenvalue weighted by molar-refractivity contribution is -0.601. The van der Waals surface area contributed by atoms with Crippen molar-refractivity contribution in [3.63, 3.8) is 0 Å². The molecule has 0 atom stereocenters. The van der Waals surface area contributed by atoms with Gasteiger partial charge in [-0.25, -0.2) is 4.58 Å². The van der Waals surface area contributed by atoms with Crippen LogP contribution < -0.4 is 0 Å². The summed E-state index contributed by atoms with van der Waals surface area (Å²) in [4.78, 5) is 0. The van der Waals surface area contributed by atoms with E-state index in [-0.39, 0.29) is 5.54 Å². The van der Waals surface area contributed by atoms with E-state index in [0.29, 0.717) is 0 Å². The summed E-state index contributed by atoms with van der Waals surface area (Å²) in [5.74, 6) is 0. The van der Waals surface area contributed by atoms with Crippen molar-refractivity contribution < 1.29 is 9.31 Å². The van der Waals surface area contributed by atoms with Crippen molar-refractivity contribution in [2.75, 3.05) is 19.8 Å². The van der Waals surface area contributed by atoms with Crippen molar-refractivity contribution in [1.82, 2.24) is 0 Å². The molecule has 1 rings (SSSR count). The molecule has 0 saturated carbocycles. The second-order valence-corrected chi connectivity index (χ2v) is 3.62. The molecular weight excluding hydrogens is 126 g/mol. The molecule has 1 aliphatic rings. The first-order valence-corrected chi connectivity index (χ1v) is 3.78. The van der Waals surface area contributed by atoms with E-state index in [9.17, 15) is 0 Å². The van der Waals surface area contributed by atoms with Crippen LogP contribution in [0, 0.1) is 0 Å². The van der Waals surface area contributed by atoms with Gasteiger partial charge in [0.25, 0.3) is 0 Å². The second-order valence-electron chi connectivity index (χ2n) is 3.62. The molecule has 0 bridgehead atoms. The van der Waals surface area contributed by atoms with Crippen LogP contribution >= 0.6 is 0 Å². The Labute approximate surface area is 62.5 Å². The Morgan fingerprint density at radius 3 is 2.40 bits per heavy atom. The lowest BCUT2D eigenvalue weighted by Crippen LogP contribution is -2.39. The van der Waals surface area contributed by atoms with Gasteiger partial charge in [0.1, 0.15) is 13.2 Å². The Hall–Kier alpha value is -0.370. The summed E-state index contributed by atoms with van der Waals surface area (Å²) >= 11 is 0. The Balaban J connectivity index is 2.62. The van der Waals surface area contributed by atoms with Gasteiger partial charge in [-0.2, -0.15) is 0 Å². The van der Waals surface area contributed by atoms with Gasteiger partial charge in [0.2, 0.25) is 0 Å². The molecule has 10 heavy (non-hydrogen) atoms. The molecule has 1 aliphatic heterocycles. The topological polar surface area (TPSA) is 12.2 Å². The van der Waals surface area contributed by atoms with Crippen molar-refractivity contribution in [1.29, 1.82) is 0 Å². The van der Waals surface area contributed by atoms with E-state index in [1.807, 2.05) is 0 Å². The zero-order chi connectivity index (χ0) is 7.61. The van der Waals surface area contributed by atoms with Gasteiger partial charge < -0.3 is 4.74 Å². The molecule has 2 heteroatoms.